The second-order valence-corrected chi connectivity index (χ2v) is 8.26. The molecule has 0 spiro atoms. The fourth-order valence-corrected chi connectivity index (χ4v) is 4.13. The van der Waals surface area contributed by atoms with E-state index in [9.17, 15) is 22.8 Å². The molecule has 1 aromatic heterocycles. The molecule has 2 aromatic rings. The Morgan fingerprint density at radius 1 is 1.16 bits per heavy atom. The second-order valence-electron chi connectivity index (χ2n) is 8.26. The van der Waals surface area contributed by atoms with Crippen molar-refractivity contribution in [1.82, 2.24) is 20.1 Å². The Morgan fingerprint density at radius 3 is 2.62 bits per heavy atom. The molecule has 1 saturated heterocycles. The van der Waals surface area contributed by atoms with Gasteiger partial charge in [-0.2, -0.15) is 13.2 Å². The van der Waals surface area contributed by atoms with Crippen molar-refractivity contribution in [3.63, 3.8) is 0 Å². The van der Waals surface area contributed by atoms with Crippen LogP contribution in [0, 0.1) is 0 Å². The topological polar surface area (TPSA) is 65.5 Å². The average molecular weight is 446 g/mol. The molecule has 1 fully saturated rings. The number of alkyl halides is 3. The van der Waals surface area contributed by atoms with Crippen molar-refractivity contribution in [2.75, 3.05) is 19.6 Å². The third kappa shape index (κ3) is 5.27. The zero-order chi connectivity index (χ0) is 22.7. The monoisotopic (exact) mass is 446 g/mol. The zero-order valence-corrected chi connectivity index (χ0v) is 17.6. The molecule has 0 unspecified atom stereocenters. The summed E-state index contributed by atoms with van der Waals surface area (Å²) in [6.45, 7) is 3.61. The minimum atomic E-state index is -4.34. The largest absolute Gasteiger partial charge is 0.416 e. The molecule has 0 radical (unpaired) electrons. The Hall–Kier alpha value is -2.94. The van der Waals surface area contributed by atoms with Crippen molar-refractivity contribution < 1.29 is 22.8 Å². The zero-order valence-electron chi connectivity index (χ0n) is 17.6. The third-order valence-electron chi connectivity index (χ3n) is 5.84. The van der Waals surface area contributed by atoms with Crippen molar-refractivity contribution in [1.29, 1.82) is 0 Å². The van der Waals surface area contributed by atoms with E-state index in [2.05, 4.69) is 15.2 Å². The molecule has 1 aromatic carbocycles. The number of benzene rings is 1. The lowest BCUT2D eigenvalue weighted by molar-refractivity contribution is -0.137. The van der Waals surface area contributed by atoms with Crippen LogP contribution in [0.25, 0.3) is 0 Å². The second kappa shape index (κ2) is 9.28. The number of hydrogen-bond acceptors (Lipinski definition) is 4. The fourth-order valence-electron chi connectivity index (χ4n) is 4.13. The minimum absolute atomic E-state index is 0.181. The van der Waals surface area contributed by atoms with Gasteiger partial charge in [0.25, 0.3) is 5.91 Å². The number of likely N-dealkylation sites (tertiary alicyclic amines) is 1. The summed E-state index contributed by atoms with van der Waals surface area (Å²) in [6, 6.07) is 7.01. The maximum atomic E-state index is 12.7. The quantitative estimate of drug-likeness (QED) is 0.663. The first-order valence-electron chi connectivity index (χ1n) is 10.7. The third-order valence-corrected chi connectivity index (χ3v) is 5.84. The van der Waals surface area contributed by atoms with Gasteiger partial charge in [-0.1, -0.05) is 12.1 Å². The van der Waals surface area contributed by atoms with E-state index in [0.29, 0.717) is 51.1 Å². The predicted octanol–water partition coefficient (Wildman–Crippen LogP) is 3.36. The van der Waals surface area contributed by atoms with Crippen LogP contribution in [0.5, 0.6) is 0 Å². The van der Waals surface area contributed by atoms with Crippen LogP contribution >= 0.6 is 0 Å². The Balaban J connectivity index is 1.27. The smallest absolute Gasteiger partial charge is 0.352 e. The van der Waals surface area contributed by atoms with Crippen molar-refractivity contribution in [3.8, 4) is 0 Å². The van der Waals surface area contributed by atoms with Gasteiger partial charge < -0.3 is 10.2 Å². The van der Waals surface area contributed by atoms with Crippen LogP contribution in [-0.2, 0) is 30.6 Å². The summed E-state index contributed by atoms with van der Waals surface area (Å²) in [5, 5.41) is 2.87. The molecule has 4 rings (SSSR count). The van der Waals surface area contributed by atoms with Crippen LogP contribution in [0.15, 0.2) is 36.5 Å². The lowest BCUT2D eigenvalue weighted by atomic mass is 10.1. The molecule has 9 heteroatoms. The molecule has 32 heavy (non-hydrogen) atoms. The molecule has 2 aliphatic rings. The van der Waals surface area contributed by atoms with E-state index >= 15 is 0 Å². The number of aromatic nitrogens is 1. The van der Waals surface area contributed by atoms with Crippen molar-refractivity contribution in [3.05, 3.63) is 64.5 Å². The first-order valence-corrected chi connectivity index (χ1v) is 10.7. The van der Waals surface area contributed by atoms with E-state index in [1.165, 1.54) is 12.1 Å². The van der Waals surface area contributed by atoms with Gasteiger partial charge in [-0.3, -0.25) is 19.5 Å². The van der Waals surface area contributed by atoms with Crippen molar-refractivity contribution in [2.24, 2.45) is 0 Å². The molecule has 0 bridgehead atoms. The van der Waals surface area contributed by atoms with Gasteiger partial charge in [0.15, 0.2) is 0 Å². The summed E-state index contributed by atoms with van der Waals surface area (Å²) < 4.78 is 38.2. The van der Waals surface area contributed by atoms with Gasteiger partial charge in [0.05, 0.1) is 16.8 Å². The average Bonchev–Trinajstić information content (AvgIpc) is 3.35. The Labute approximate surface area is 184 Å². The number of carbonyl (C=O) groups excluding carboxylic acids is 2. The van der Waals surface area contributed by atoms with Crippen LogP contribution in [0.3, 0.4) is 0 Å². The van der Waals surface area contributed by atoms with Crippen molar-refractivity contribution >= 4 is 11.8 Å². The van der Waals surface area contributed by atoms with Gasteiger partial charge in [-0.15, -0.1) is 0 Å². The van der Waals surface area contributed by atoms with Gasteiger partial charge in [-0.25, -0.2) is 0 Å². The number of rotatable bonds is 7. The van der Waals surface area contributed by atoms with Crippen LogP contribution in [0.4, 0.5) is 13.2 Å². The van der Waals surface area contributed by atoms with E-state index in [4.69, 9.17) is 0 Å². The van der Waals surface area contributed by atoms with E-state index in [0.717, 1.165) is 41.9 Å². The van der Waals surface area contributed by atoms with Gasteiger partial charge in [0.1, 0.15) is 0 Å². The minimum Gasteiger partial charge on any atom is -0.352 e. The first-order chi connectivity index (χ1) is 15.3. The number of nitrogens with zero attached hydrogens (tertiary/aromatic N) is 3. The van der Waals surface area contributed by atoms with Gasteiger partial charge >= 0.3 is 6.18 Å². The molecule has 2 aliphatic heterocycles. The SMILES string of the molecule is O=C(NCCCN1CCCC1=O)c1cnc2c(c1)CN(Cc1ccc(C(F)(F)F)cc1)C2. The summed E-state index contributed by atoms with van der Waals surface area (Å²) in [7, 11) is 0. The summed E-state index contributed by atoms with van der Waals surface area (Å²) >= 11 is 0. The molecule has 0 saturated carbocycles. The Bertz CT molecular complexity index is 992. The van der Waals surface area contributed by atoms with E-state index in [1.54, 1.807) is 6.20 Å². The van der Waals surface area contributed by atoms with Crippen LogP contribution in [-0.4, -0.2) is 46.2 Å². The van der Waals surface area contributed by atoms with Crippen LogP contribution in [0.2, 0.25) is 0 Å². The van der Waals surface area contributed by atoms with Crippen molar-refractivity contribution in [2.45, 2.75) is 45.1 Å². The highest BCUT2D eigenvalue weighted by Gasteiger charge is 2.30. The molecule has 1 N–H and O–H groups in total. The summed E-state index contributed by atoms with van der Waals surface area (Å²) in [5.74, 6) is -0.0192. The summed E-state index contributed by atoms with van der Waals surface area (Å²) in [6.07, 6.45) is -0.559. The molecule has 6 nitrogen and oxygen atoms in total. The highest BCUT2D eigenvalue weighted by atomic mass is 19.4. The van der Waals surface area contributed by atoms with E-state index in [-0.39, 0.29) is 11.8 Å². The summed E-state index contributed by atoms with van der Waals surface area (Å²) in [4.78, 5) is 32.4. The number of carbonyl (C=O) groups is 2. The maximum Gasteiger partial charge on any atom is 0.416 e. The number of hydrogen-bond donors (Lipinski definition) is 1. The van der Waals surface area contributed by atoms with Crippen LogP contribution < -0.4 is 5.32 Å². The van der Waals surface area contributed by atoms with Gasteiger partial charge in [0, 0.05) is 51.9 Å². The lowest BCUT2D eigenvalue weighted by Gasteiger charge is -2.15. The van der Waals surface area contributed by atoms with Gasteiger partial charge in [-0.05, 0) is 42.2 Å². The number of halogens is 3. The Kier molecular flexibility index (Phi) is 6.45. The first kappa shape index (κ1) is 22.3. The molecular weight excluding hydrogens is 421 g/mol. The standard InChI is InChI=1S/C23H25F3N4O2/c24-23(25,26)19-6-4-16(5-7-19)13-29-14-18-11-17(12-28-20(18)15-29)22(32)27-8-2-10-30-9-1-3-21(30)31/h4-7,11-12H,1-3,8-10,13-15H2,(H,27,32). The molecule has 2 amide bonds. The van der Waals surface area contributed by atoms with E-state index in [1.807, 2.05) is 11.0 Å². The predicted molar refractivity (Wildman–Crippen MR) is 111 cm³/mol. The normalized spacial score (nSPS) is 16.5. The lowest BCUT2D eigenvalue weighted by Crippen LogP contribution is -2.30. The van der Waals surface area contributed by atoms with E-state index < -0.39 is 11.7 Å². The molecule has 0 aliphatic carbocycles. The fraction of sp³-hybridized carbons (Fsp3) is 0.435. The maximum absolute atomic E-state index is 12.7. The number of fused-ring (bicyclic) bond motifs is 1. The molecule has 3 heterocycles. The number of nitrogens with one attached hydrogen (secondary N) is 1. The van der Waals surface area contributed by atoms with Gasteiger partial charge in [0.2, 0.25) is 5.91 Å². The van der Waals surface area contributed by atoms with Crippen LogP contribution in [0.1, 0.15) is 52.0 Å². The molecule has 170 valence electrons. The highest BCUT2D eigenvalue weighted by molar-refractivity contribution is 5.94. The molecule has 0 atom stereocenters. The molecular formula is C23H25F3N4O2. The number of pyridine rings is 1. The summed E-state index contributed by atoms with van der Waals surface area (Å²) in [5.41, 5.74) is 2.45. The number of amides is 2. The Morgan fingerprint density at radius 2 is 1.94 bits per heavy atom. The highest BCUT2D eigenvalue weighted by Crippen LogP contribution is 2.30.